The van der Waals surface area contributed by atoms with Crippen LogP contribution < -0.4 is 20.9 Å². The molecule has 1 saturated heterocycles. The molecule has 29 nitrogen and oxygen atoms in total. The van der Waals surface area contributed by atoms with Gasteiger partial charge in [0.1, 0.15) is 70.1 Å². The van der Waals surface area contributed by atoms with Gasteiger partial charge in [-0.05, 0) is 284 Å². The van der Waals surface area contributed by atoms with Crippen LogP contribution in [0.5, 0.6) is 0 Å². The molecule has 1 aliphatic rings. The highest BCUT2D eigenvalue weighted by Crippen LogP contribution is 2.29. The number of carbonyl (C=O) groups excluding carboxylic acids is 10. The fourth-order valence-electron chi connectivity index (χ4n) is 9.72. The maximum atomic E-state index is 13.9. The predicted octanol–water partition coefficient (Wildman–Crippen LogP) is 18.7. The fourth-order valence-corrected chi connectivity index (χ4v) is 10.4. The van der Waals surface area contributed by atoms with Gasteiger partial charge in [0.2, 0.25) is 0 Å². The Balaban J connectivity index is -0.000000451. The van der Waals surface area contributed by atoms with Gasteiger partial charge in [-0.25, -0.2) is 37.1 Å². The Labute approximate surface area is 749 Å². The summed E-state index contributed by atoms with van der Waals surface area (Å²) in [6.07, 6.45) is 0.553. The van der Waals surface area contributed by atoms with E-state index in [9.17, 15) is 61.1 Å². The molecule has 4 amide bonds. The predicted molar refractivity (Wildman–Crippen MR) is 476 cm³/mol. The van der Waals surface area contributed by atoms with E-state index in [1.54, 1.807) is 213 Å². The first kappa shape index (κ1) is 122. The third kappa shape index (κ3) is 58.1. The summed E-state index contributed by atoms with van der Waals surface area (Å²) in [5.74, 6) is -3.70. The Morgan fingerprint density at radius 1 is 0.540 bits per heavy atom. The minimum absolute atomic E-state index is 0. The van der Waals surface area contributed by atoms with E-state index >= 15 is 0 Å². The van der Waals surface area contributed by atoms with Crippen LogP contribution in [0.4, 0.5) is 43.7 Å². The number of Topliss-reactive ketones (excluding diaryl/α,β-unsaturated/α-hetero) is 1. The number of rotatable bonds is 21. The maximum Gasteiger partial charge on any atom is 0.415 e. The summed E-state index contributed by atoms with van der Waals surface area (Å²) in [5, 5.41) is 37.0. The average Bonchev–Trinajstić information content (AvgIpc) is 0.820. The zero-order valence-corrected chi connectivity index (χ0v) is 81.3. The van der Waals surface area contributed by atoms with E-state index in [1.807, 2.05) is 32.1 Å². The second kappa shape index (κ2) is 59.7. The van der Waals surface area contributed by atoms with E-state index in [4.69, 9.17) is 64.7 Å². The highest BCUT2D eigenvalue weighted by Gasteiger charge is 2.39. The van der Waals surface area contributed by atoms with Crippen LogP contribution >= 0.6 is 28.3 Å². The number of hydrogen-bond donors (Lipinski definition) is 2. The quantitative estimate of drug-likeness (QED) is 0.0568. The molecule has 5 atom stereocenters. The van der Waals surface area contributed by atoms with Crippen molar-refractivity contribution >= 4 is 99.7 Å². The molecule has 0 radical (unpaired) electrons. The topological polar surface area (TPSA) is 400 Å². The number of nitrogens with one attached hydrogen (secondary N) is 1. The number of amides is 4. The van der Waals surface area contributed by atoms with Crippen molar-refractivity contribution in [2.75, 3.05) is 62.3 Å². The number of aryl methyl sites for hydroxylation is 6. The van der Waals surface area contributed by atoms with Gasteiger partial charge in [-0.1, -0.05) is 22.5 Å². The summed E-state index contributed by atoms with van der Waals surface area (Å²) in [4.78, 5) is 122. The van der Waals surface area contributed by atoms with Gasteiger partial charge < -0.3 is 63.5 Å². The molecule has 1 fully saturated rings. The zero-order chi connectivity index (χ0) is 96.6. The Morgan fingerprint density at radius 3 is 1.18 bits per heavy atom. The third-order valence-electron chi connectivity index (χ3n) is 15.0. The molecule has 1 heterocycles. The Morgan fingerprint density at radius 2 is 0.879 bits per heavy atom. The standard InChI is InChI=1S/2C19H28FNO4.C14H24N2O4.C12H18N2O3.C9H16N2O2.C8H8BrF.C5H8O2.C4H8N2.ClH/c2*1-12-9-14(10-13(2)16(12)20)21(17(23)25-19(6,7)8)11-15(22)24-18(3,4)5;1-6-19-12(17)8-10-16(11(2)7-9-15)13(18)20-14(3,4)5;1-8-9(7-13)10(15)5-6-14(8)11(16)17-12(2,3)4;1-3-13-9(12)5-7-11-8(2)4-6-10;1-5-3-7(9)4-6(2)8(5)10;1-3-5(6)7-4-2;1-4(6)2-3-5;/h2*9-10H,11H2,1-8H3;11H,6-8,10H2,1-5H3;8-9H,5-6H2,1-4H3;8,11H,3-5,7H2,1-2H3;3-4H,1-2H3;3H,1,4H2,2H3;4H,2,6H2,1H3;1H/t;;11-;8-,9?;8-;;;4-;/m..000..0./s1. The van der Waals surface area contributed by atoms with Gasteiger partial charge in [-0.15, -0.1) is 12.4 Å². The molecule has 1 aliphatic heterocycles. The van der Waals surface area contributed by atoms with Gasteiger partial charge in [-0.2, -0.15) is 21.0 Å². The molecule has 0 spiro atoms. The van der Waals surface area contributed by atoms with Gasteiger partial charge in [0, 0.05) is 72.5 Å². The molecule has 698 valence electrons. The largest absolute Gasteiger partial charge is 0.466 e. The Bertz CT molecular complexity index is 3900. The summed E-state index contributed by atoms with van der Waals surface area (Å²) in [6.45, 7) is 58.7. The minimum Gasteiger partial charge on any atom is -0.466 e. The molecule has 1 unspecified atom stereocenters. The molecule has 0 aromatic heterocycles. The first-order valence-electron chi connectivity index (χ1n) is 40.3. The van der Waals surface area contributed by atoms with Crippen LogP contribution in [0.3, 0.4) is 0 Å². The van der Waals surface area contributed by atoms with Crippen molar-refractivity contribution in [2.24, 2.45) is 11.7 Å². The Kier molecular flexibility index (Phi) is 59.0. The fraction of sp³-hybridized carbons (Fsp3) is 0.622. The number of nitrogens with two attached hydrogens (primary N) is 1. The molecule has 34 heteroatoms. The van der Waals surface area contributed by atoms with E-state index in [1.165, 1.54) is 43.9 Å². The summed E-state index contributed by atoms with van der Waals surface area (Å²) >= 11 is 3.28. The number of benzene rings is 3. The van der Waals surface area contributed by atoms with Crippen LogP contribution in [0.25, 0.3) is 0 Å². The molecule has 0 aliphatic carbocycles. The SMILES string of the molecule is C=CC(=O)OCC.CCOC(=O)CCN(C(=O)OC(C)(C)C)[C@@H](C)CC#N.CCOC(=O)CCN[C@@H](C)CC#N.C[C@H](N)CC#N.C[C@H]1C(C#N)C(=O)CCN1C(=O)OC(C)(C)C.Cc1cc(Br)cc(C)c1F.Cc1cc(N(CC(=O)OC(C)(C)C)C(=O)OC(C)(C)C)cc(C)c1F.Cc1cc(N(CC(=O)OC(C)(C)C)C(=O)OC(C)(C)C)cc(C)c1F.Cl. The molecule has 3 aromatic rings. The monoisotopic (exact) mass is 1830 g/mol. The maximum absolute atomic E-state index is 13.9. The van der Waals surface area contributed by atoms with Crippen LogP contribution in [0.15, 0.2) is 53.5 Å². The first-order valence-corrected chi connectivity index (χ1v) is 41.1. The number of hydrogen-bond acceptors (Lipinski definition) is 25. The lowest BCUT2D eigenvalue weighted by Crippen LogP contribution is -2.51. The summed E-state index contributed by atoms with van der Waals surface area (Å²) < 4.78 is 87.5. The van der Waals surface area contributed by atoms with Crippen LogP contribution in [-0.2, 0) is 71.4 Å². The first-order chi connectivity index (χ1) is 56.2. The van der Waals surface area contributed by atoms with Crippen LogP contribution in [-0.4, -0.2) is 180 Å². The van der Waals surface area contributed by atoms with Crippen molar-refractivity contribution < 1.29 is 104 Å². The van der Waals surface area contributed by atoms with E-state index in [-0.39, 0.29) is 111 Å². The van der Waals surface area contributed by atoms with Gasteiger partial charge in [0.05, 0.1) is 75.8 Å². The molecular weight excluding hydrogens is 1700 g/mol. The number of nitriles is 4. The number of anilines is 2. The molecule has 0 saturated carbocycles. The molecule has 0 bridgehead atoms. The number of ketones is 1. The highest BCUT2D eigenvalue weighted by atomic mass is 79.9. The summed E-state index contributed by atoms with van der Waals surface area (Å²) in [5.41, 5.74) is 4.86. The molecule has 3 N–H and O–H groups in total. The van der Waals surface area contributed by atoms with Crippen LogP contribution in [0, 0.1) is 110 Å². The van der Waals surface area contributed by atoms with Gasteiger partial charge in [-0.3, -0.25) is 33.8 Å². The van der Waals surface area contributed by atoms with Gasteiger partial charge in [0.15, 0.2) is 5.78 Å². The number of esters is 5. The average molecular weight is 1840 g/mol. The van der Waals surface area contributed by atoms with Crippen molar-refractivity contribution in [3.8, 4) is 24.3 Å². The molecule has 3 aromatic carbocycles. The number of likely N-dealkylation sites (tertiary alicyclic amines) is 1. The third-order valence-corrected chi connectivity index (χ3v) is 15.5. The summed E-state index contributed by atoms with van der Waals surface area (Å²) in [7, 11) is 0. The normalized spacial score (nSPS) is 13.3. The lowest BCUT2D eigenvalue weighted by atomic mass is 9.90. The van der Waals surface area contributed by atoms with Crippen molar-refractivity contribution in [3.05, 3.63) is 104 Å². The van der Waals surface area contributed by atoms with E-state index in [0.717, 1.165) is 10.5 Å². The second-order valence-corrected chi connectivity index (χ2v) is 35.1. The van der Waals surface area contributed by atoms with Crippen molar-refractivity contribution in [2.45, 2.75) is 311 Å². The number of carbonyl (C=O) groups is 10. The minimum atomic E-state index is -0.740. The molecule has 124 heavy (non-hydrogen) atoms. The summed E-state index contributed by atoms with van der Waals surface area (Å²) in [6, 6.07) is 17.0. The van der Waals surface area contributed by atoms with Crippen molar-refractivity contribution in [1.82, 2.24) is 15.1 Å². The lowest BCUT2D eigenvalue weighted by molar-refractivity contribution is -0.154. The Hall–Kier alpha value is -10.1. The molecule has 4 rings (SSSR count). The second-order valence-electron chi connectivity index (χ2n) is 34.2. The van der Waals surface area contributed by atoms with Gasteiger partial charge in [0.25, 0.3) is 0 Å². The number of piperidine rings is 1. The van der Waals surface area contributed by atoms with E-state index in [2.05, 4.69) is 38.6 Å². The van der Waals surface area contributed by atoms with Gasteiger partial charge >= 0.3 is 54.2 Å². The smallest absolute Gasteiger partial charge is 0.415 e. The van der Waals surface area contributed by atoms with E-state index < -0.39 is 81.9 Å². The number of halogens is 5. The number of nitrogens with zero attached hydrogens (tertiary/aromatic N) is 8. The van der Waals surface area contributed by atoms with E-state index in [0.29, 0.717) is 96.9 Å². The van der Waals surface area contributed by atoms with Crippen molar-refractivity contribution in [3.63, 3.8) is 0 Å². The number of ether oxygens (including phenoxy) is 9. The highest BCUT2D eigenvalue weighted by molar-refractivity contribution is 9.10. The van der Waals surface area contributed by atoms with Crippen LogP contribution in [0.2, 0.25) is 0 Å². The van der Waals surface area contributed by atoms with Crippen LogP contribution in [0.1, 0.15) is 245 Å². The lowest BCUT2D eigenvalue weighted by Gasteiger charge is -2.36. The zero-order valence-electron chi connectivity index (χ0n) is 78.9. The van der Waals surface area contributed by atoms with Crippen molar-refractivity contribution in [1.29, 1.82) is 21.0 Å². The molecular formula is C90H139BrClF3N10O19.